The van der Waals surface area contributed by atoms with Crippen LogP contribution in [0.5, 0.6) is 0 Å². The predicted octanol–water partition coefficient (Wildman–Crippen LogP) is 3.21. The van der Waals surface area contributed by atoms with Crippen LogP contribution in [0, 0.1) is 5.92 Å². The monoisotopic (exact) mass is 377 g/mol. The minimum atomic E-state index is -0.665. The van der Waals surface area contributed by atoms with Crippen molar-refractivity contribution in [2.75, 3.05) is 6.54 Å². The molecule has 0 bridgehead atoms. The molecule has 1 aromatic rings. The van der Waals surface area contributed by atoms with Gasteiger partial charge in [0.05, 0.1) is 6.04 Å². The fourth-order valence-corrected chi connectivity index (χ4v) is 4.82. The van der Waals surface area contributed by atoms with Gasteiger partial charge in [-0.1, -0.05) is 32.8 Å². The number of thiophene rings is 1. The molecule has 26 heavy (non-hydrogen) atoms. The maximum atomic E-state index is 12.6. The smallest absolute Gasteiger partial charge is 0.325 e. The highest BCUT2D eigenvalue weighted by molar-refractivity contribution is 7.10. The molecule has 4 amide bonds. The summed E-state index contributed by atoms with van der Waals surface area (Å²) in [6.07, 6.45) is 4.19. The van der Waals surface area contributed by atoms with Gasteiger partial charge in [0.2, 0.25) is 5.91 Å². The number of nitrogens with one attached hydrogen (secondary N) is 2. The Bertz CT molecular complexity index is 666. The van der Waals surface area contributed by atoms with E-state index < -0.39 is 5.54 Å². The van der Waals surface area contributed by atoms with Gasteiger partial charge in [-0.05, 0) is 36.6 Å². The van der Waals surface area contributed by atoms with Gasteiger partial charge in [-0.3, -0.25) is 14.5 Å². The summed E-state index contributed by atoms with van der Waals surface area (Å²) in [5.41, 5.74) is -0.665. The zero-order valence-electron chi connectivity index (χ0n) is 15.4. The molecule has 1 saturated heterocycles. The van der Waals surface area contributed by atoms with E-state index in [4.69, 9.17) is 0 Å². The molecule has 0 unspecified atom stereocenters. The summed E-state index contributed by atoms with van der Waals surface area (Å²) < 4.78 is 0. The zero-order chi connectivity index (χ0) is 18.7. The number of nitrogens with zero attached hydrogens (tertiary/aromatic N) is 1. The van der Waals surface area contributed by atoms with E-state index in [9.17, 15) is 14.4 Å². The normalized spacial score (nSPS) is 20.0. The molecule has 2 heterocycles. The minimum Gasteiger partial charge on any atom is -0.348 e. The van der Waals surface area contributed by atoms with Crippen LogP contribution < -0.4 is 10.6 Å². The topological polar surface area (TPSA) is 78.5 Å². The Labute approximate surface area is 158 Å². The van der Waals surface area contributed by atoms with Crippen LogP contribution in [-0.4, -0.2) is 34.8 Å². The summed E-state index contributed by atoms with van der Waals surface area (Å²) >= 11 is 1.64. The highest BCUT2D eigenvalue weighted by atomic mass is 32.1. The van der Waals surface area contributed by atoms with Crippen molar-refractivity contribution >= 4 is 29.2 Å². The van der Waals surface area contributed by atoms with Gasteiger partial charge in [0.25, 0.3) is 5.91 Å². The van der Waals surface area contributed by atoms with Crippen LogP contribution in [0.15, 0.2) is 17.5 Å². The van der Waals surface area contributed by atoms with Gasteiger partial charge in [-0.2, -0.15) is 0 Å². The molecule has 1 saturated carbocycles. The number of hydrogen-bond acceptors (Lipinski definition) is 4. The van der Waals surface area contributed by atoms with Crippen molar-refractivity contribution in [2.24, 2.45) is 5.92 Å². The summed E-state index contributed by atoms with van der Waals surface area (Å²) in [5, 5.41) is 7.96. The molecule has 7 heteroatoms. The average molecular weight is 378 g/mol. The second-order valence-corrected chi connectivity index (χ2v) is 8.56. The number of amides is 4. The first-order chi connectivity index (χ1) is 12.4. The van der Waals surface area contributed by atoms with Gasteiger partial charge < -0.3 is 10.6 Å². The number of urea groups is 1. The number of rotatable bonds is 7. The molecular formula is C19H27N3O3S. The first-order valence-corrected chi connectivity index (χ1v) is 10.3. The van der Waals surface area contributed by atoms with Crippen LogP contribution in [0.3, 0.4) is 0 Å². The molecule has 2 aliphatic rings. The minimum absolute atomic E-state index is 0.000903. The Morgan fingerprint density at radius 2 is 2.08 bits per heavy atom. The highest BCUT2D eigenvalue weighted by Gasteiger charge is 2.52. The Hall–Kier alpha value is -1.89. The first kappa shape index (κ1) is 18.9. The van der Waals surface area contributed by atoms with Crippen molar-refractivity contribution in [2.45, 2.75) is 64.0 Å². The van der Waals surface area contributed by atoms with Crippen molar-refractivity contribution in [3.8, 4) is 0 Å². The van der Waals surface area contributed by atoms with E-state index in [1.54, 1.807) is 11.3 Å². The molecule has 2 N–H and O–H groups in total. The fourth-order valence-electron chi connectivity index (χ4n) is 3.87. The number of hydrogen-bond donors (Lipinski definition) is 2. The molecule has 6 nitrogen and oxygen atoms in total. The van der Waals surface area contributed by atoms with E-state index >= 15 is 0 Å². The quantitative estimate of drug-likeness (QED) is 0.716. The third kappa shape index (κ3) is 3.77. The molecule has 1 aliphatic carbocycles. The van der Waals surface area contributed by atoms with Gasteiger partial charge in [-0.25, -0.2) is 4.79 Å². The molecular weight excluding hydrogens is 350 g/mol. The van der Waals surface area contributed by atoms with Crippen LogP contribution in [0.1, 0.15) is 63.3 Å². The van der Waals surface area contributed by atoms with Crippen molar-refractivity contribution in [3.63, 3.8) is 0 Å². The first-order valence-electron chi connectivity index (χ1n) is 9.40. The summed E-state index contributed by atoms with van der Waals surface area (Å²) in [4.78, 5) is 39.5. The predicted molar refractivity (Wildman–Crippen MR) is 101 cm³/mol. The second kappa shape index (κ2) is 7.78. The molecule has 142 valence electrons. The van der Waals surface area contributed by atoms with E-state index in [1.807, 2.05) is 17.5 Å². The highest BCUT2D eigenvalue weighted by Crippen LogP contribution is 2.35. The van der Waals surface area contributed by atoms with Crippen molar-refractivity contribution in [1.29, 1.82) is 0 Å². The zero-order valence-corrected chi connectivity index (χ0v) is 16.2. The Morgan fingerprint density at radius 3 is 2.69 bits per heavy atom. The van der Waals surface area contributed by atoms with Crippen LogP contribution >= 0.6 is 11.3 Å². The summed E-state index contributed by atoms with van der Waals surface area (Å²) in [7, 11) is 0. The molecule has 0 aromatic carbocycles. The molecule has 0 radical (unpaired) electrons. The van der Waals surface area contributed by atoms with Gasteiger partial charge >= 0.3 is 6.03 Å². The lowest BCUT2D eigenvalue weighted by molar-refractivity contribution is -0.131. The molecule has 2 fully saturated rings. The second-order valence-electron chi connectivity index (χ2n) is 7.58. The summed E-state index contributed by atoms with van der Waals surface area (Å²) in [5.74, 6) is 0.143. The van der Waals surface area contributed by atoms with E-state index in [-0.39, 0.29) is 23.9 Å². The molecule has 1 spiro atoms. The largest absolute Gasteiger partial charge is 0.348 e. The number of carbonyl (C=O) groups excluding carboxylic acids is 3. The number of carbonyl (C=O) groups is 3. The lowest BCUT2D eigenvalue weighted by Gasteiger charge is -2.22. The van der Waals surface area contributed by atoms with Gasteiger partial charge in [0, 0.05) is 17.8 Å². The lowest BCUT2D eigenvalue weighted by atomic mass is 9.98. The Balaban J connectivity index is 1.49. The Kier molecular flexibility index (Phi) is 5.65. The molecule has 3 rings (SSSR count). The average Bonchev–Trinajstić information content (AvgIpc) is 3.31. The molecule has 1 atom stereocenters. The third-order valence-corrected chi connectivity index (χ3v) is 6.28. The van der Waals surface area contributed by atoms with E-state index in [0.29, 0.717) is 25.3 Å². The van der Waals surface area contributed by atoms with Crippen LogP contribution in [0.4, 0.5) is 4.79 Å². The molecule has 1 aromatic heterocycles. The van der Waals surface area contributed by atoms with Crippen molar-refractivity contribution in [3.05, 3.63) is 22.4 Å². The van der Waals surface area contributed by atoms with E-state index in [2.05, 4.69) is 24.5 Å². The standard InChI is InChI=1S/C19H27N3O3S/c1-13(2)16(14-7-6-12-26-14)20-15(23)8-5-11-22-17(24)19(21-18(22)25)9-3-4-10-19/h6-7,12-13,16H,3-5,8-11H2,1-2H3,(H,20,23)(H,21,25)/t16-/m0/s1. The van der Waals surface area contributed by atoms with Crippen LogP contribution in [0.2, 0.25) is 0 Å². The fraction of sp³-hybridized carbons (Fsp3) is 0.632. The van der Waals surface area contributed by atoms with Crippen molar-refractivity contribution < 1.29 is 14.4 Å². The number of imide groups is 1. The maximum Gasteiger partial charge on any atom is 0.325 e. The lowest BCUT2D eigenvalue weighted by Crippen LogP contribution is -2.44. The van der Waals surface area contributed by atoms with Crippen LogP contribution in [0.25, 0.3) is 0 Å². The van der Waals surface area contributed by atoms with Crippen LogP contribution in [-0.2, 0) is 9.59 Å². The third-order valence-electron chi connectivity index (χ3n) is 5.32. The SMILES string of the molecule is CC(C)[C@H](NC(=O)CCCN1C(=O)NC2(CCCC2)C1=O)c1cccs1. The van der Waals surface area contributed by atoms with Crippen molar-refractivity contribution in [1.82, 2.24) is 15.5 Å². The Morgan fingerprint density at radius 1 is 1.35 bits per heavy atom. The summed E-state index contributed by atoms with van der Waals surface area (Å²) in [6, 6.07) is 3.71. The van der Waals surface area contributed by atoms with Gasteiger partial charge in [0.15, 0.2) is 0 Å². The van der Waals surface area contributed by atoms with Gasteiger partial charge in [-0.15, -0.1) is 11.3 Å². The molecule has 1 aliphatic heterocycles. The van der Waals surface area contributed by atoms with E-state index in [0.717, 1.165) is 30.6 Å². The maximum absolute atomic E-state index is 12.6. The summed E-state index contributed by atoms with van der Waals surface area (Å²) in [6.45, 7) is 4.46. The van der Waals surface area contributed by atoms with Gasteiger partial charge in [0.1, 0.15) is 5.54 Å². The van der Waals surface area contributed by atoms with E-state index in [1.165, 1.54) is 4.90 Å².